The lowest BCUT2D eigenvalue weighted by Gasteiger charge is -2.00. The highest BCUT2D eigenvalue weighted by Crippen LogP contribution is 2.10. The van der Waals surface area contributed by atoms with E-state index in [1.54, 1.807) is 12.3 Å². The van der Waals surface area contributed by atoms with Gasteiger partial charge in [0.15, 0.2) is 0 Å². The van der Waals surface area contributed by atoms with Crippen LogP contribution in [0.15, 0.2) is 24.0 Å². The highest BCUT2D eigenvalue weighted by molar-refractivity contribution is 7.13. The molecule has 0 atom stereocenters. The summed E-state index contributed by atoms with van der Waals surface area (Å²) in [5.74, 6) is 5.22. The number of anilines is 1. The molecule has 2 heterocycles. The molecule has 0 fully saturated rings. The number of aromatic nitrogens is 3. The van der Waals surface area contributed by atoms with Gasteiger partial charge in [0.25, 0.3) is 5.91 Å². The maximum absolute atomic E-state index is 11.9. The summed E-state index contributed by atoms with van der Waals surface area (Å²) < 4.78 is 0. The van der Waals surface area contributed by atoms with Crippen LogP contribution in [0.4, 0.5) is 5.13 Å². The number of rotatable bonds is 2. The van der Waals surface area contributed by atoms with Crippen molar-refractivity contribution >= 4 is 22.4 Å². The normalized spacial score (nSPS) is 9.39. The van der Waals surface area contributed by atoms with Crippen LogP contribution < -0.4 is 11.1 Å². The van der Waals surface area contributed by atoms with Crippen molar-refractivity contribution in [3.8, 4) is 11.8 Å². The molecule has 0 aliphatic heterocycles. The summed E-state index contributed by atoms with van der Waals surface area (Å²) in [7, 11) is 0. The highest BCUT2D eigenvalue weighted by Gasteiger charge is 2.08. The second-order valence-electron chi connectivity index (χ2n) is 3.17. The first-order valence-electron chi connectivity index (χ1n) is 5.01. The molecule has 2 aromatic heterocycles. The van der Waals surface area contributed by atoms with Crippen LogP contribution in [0.25, 0.3) is 0 Å². The van der Waals surface area contributed by atoms with Crippen LogP contribution in [-0.4, -0.2) is 27.6 Å². The fraction of sp³-hybridized carbons (Fsp3) is 0.0909. The number of nitrogens with zero attached hydrogens (tertiary/aromatic N) is 3. The SMILES string of the molecule is NCC#Cc1cncc(C(=O)Nc2nncs2)c1. The Hall–Kier alpha value is -2.30. The van der Waals surface area contributed by atoms with Gasteiger partial charge in [-0.05, 0) is 6.07 Å². The lowest BCUT2D eigenvalue weighted by Crippen LogP contribution is -2.12. The van der Waals surface area contributed by atoms with Crippen molar-refractivity contribution in [1.29, 1.82) is 0 Å². The highest BCUT2D eigenvalue weighted by atomic mass is 32.1. The number of hydrogen-bond donors (Lipinski definition) is 2. The molecule has 0 aliphatic rings. The number of carbonyl (C=O) groups is 1. The Bertz CT molecular complexity index is 599. The molecule has 0 unspecified atom stereocenters. The fourth-order valence-electron chi connectivity index (χ4n) is 1.18. The van der Waals surface area contributed by atoms with Gasteiger partial charge >= 0.3 is 0 Å². The molecule has 0 radical (unpaired) electrons. The van der Waals surface area contributed by atoms with Crippen molar-refractivity contribution in [3.05, 3.63) is 35.1 Å². The number of carbonyl (C=O) groups excluding carboxylic acids is 1. The van der Waals surface area contributed by atoms with Gasteiger partial charge in [-0.2, -0.15) is 0 Å². The topological polar surface area (TPSA) is 93.8 Å². The molecule has 18 heavy (non-hydrogen) atoms. The molecule has 1 amide bonds. The van der Waals surface area contributed by atoms with Crippen LogP contribution in [0, 0.1) is 11.8 Å². The summed E-state index contributed by atoms with van der Waals surface area (Å²) in [6.45, 7) is 0.265. The van der Waals surface area contributed by atoms with E-state index in [4.69, 9.17) is 5.73 Å². The van der Waals surface area contributed by atoms with Crippen molar-refractivity contribution in [3.63, 3.8) is 0 Å². The second-order valence-corrected chi connectivity index (χ2v) is 4.00. The molecule has 3 N–H and O–H groups in total. The zero-order chi connectivity index (χ0) is 12.8. The van der Waals surface area contributed by atoms with Gasteiger partial charge in [0, 0.05) is 18.0 Å². The van der Waals surface area contributed by atoms with E-state index in [0.29, 0.717) is 16.3 Å². The zero-order valence-electron chi connectivity index (χ0n) is 9.25. The molecule has 0 saturated carbocycles. The third kappa shape index (κ3) is 3.10. The molecule has 0 bridgehead atoms. The molecule has 2 aromatic rings. The molecule has 7 heteroatoms. The van der Waals surface area contributed by atoms with Crippen LogP contribution in [0.2, 0.25) is 0 Å². The van der Waals surface area contributed by atoms with E-state index in [-0.39, 0.29) is 12.5 Å². The molecule has 0 aromatic carbocycles. The summed E-state index contributed by atoms with van der Waals surface area (Å²) in [5, 5.41) is 10.4. The molecule has 2 rings (SSSR count). The van der Waals surface area contributed by atoms with Crippen molar-refractivity contribution in [2.45, 2.75) is 0 Å². The average molecular weight is 259 g/mol. The minimum Gasteiger partial charge on any atom is -0.320 e. The summed E-state index contributed by atoms with van der Waals surface area (Å²) in [6.07, 6.45) is 3.04. The van der Waals surface area contributed by atoms with Crippen LogP contribution in [0.1, 0.15) is 15.9 Å². The van der Waals surface area contributed by atoms with Crippen LogP contribution in [0.5, 0.6) is 0 Å². The Labute approximate surface area is 107 Å². The lowest BCUT2D eigenvalue weighted by atomic mass is 10.2. The van der Waals surface area contributed by atoms with E-state index >= 15 is 0 Å². The van der Waals surface area contributed by atoms with Crippen molar-refractivity contribution in [2.24, 2.45) is 5.73 Å². The van der Waals surface area contributed by atoms with Gasteiger partial charge in [-0.25, -0.2) is 0 Å². The summed E-state index contributed by atoms with van der Waals surface area (Å²) in [4.78, 5) is 15.8. The zero-order valence-corrected chi connectivity index (χ0v) is 10.1. The maximum atomic E-state index is 11.9. The largest absolute Gasteiger partial charge is 0.320 e. The Balaban J connectivity index is 2.15. The molecule has 90 valence electrons. The lowest BCUT2D eigenvalue weighted by molar-refractivity contribution is 0.102. The monoisotopic (exact) mass is 259 g/mol. The Morgan fingerprint density at radius 2 is 2.39 bits per heavy atom. The average Bonchev–Trinajstić information content (AvgIpc) is 2.89. The van der Waals surface area contributed by atoms with Gasteiger partial charge in [0.05, 0.1) is 12.1 Å². The van der Waals surface area contributed by atoms with Crippen molar-refractivity contribution < 1.29 is 4.79 Å². The molecule has 0 saturated heterocycles. The van der Waals surface area contributed by atoms with Crippen LogP contribution >= 0.6 is 11.3 Å². The number of amides is 1. The van der Waals surface area contributed by atoms with Gasteiger partial charge in [0.1, 0.15) is 5.51 Å². The summed E-state index contributed by atoms with van der Waals surface area (Å²) >= 11 is 1.24. The van der Waals surface area contributed by atoms with E-state index in [1.165, 1.54) is 23.0 Å². The first-order valence-corrected chi connectivity index (χ1v) is 5.89. The molecular weight excluding hydrogens is 250 g/mol. The third-order valence-electron chi connectivity index (χ3n) is 1.92. The summed E-state index contributed by atoms with van der Waals surface area (Å²) in [6, 6.07) is 1.64. The number of nitrogens with one attached hydrogen (secondary N) is 1. The van der Waals surface area contributed by atoms with Crippen molar-refractivity contribution in [1.82, 2.24) is 15.2 Å². The molecule has 0 spiro atoms. The Kier molecular flexibility index (Phi) is 3.96. The van der Waals surface area contributed by atoms with Crippen LogP contribution in [0.3, 0.4) is 0 Å². The predicted molar refractivity (Wildman–Crippen MR) is 68.0 cm³/mol. The van der Waals surface area contributed by atoms with E-state index in [2.05, 4.69) is 32.3 Å². The van der Waals surface area contributed by atoms with Crippen LogP contribution in [-0.2, 0) is 0 Å². The first-order chi connectivity index (χ1) is 8.79. The van der Waals surface area contributed by atoms with Gasteiger partial charge in [0.2, 0.25) is 5.13 Å². The first kappa shape index (κ1) is 12.2. The van der Waals surface area contributed by atoms with E-state index in [9.17, 15) is 4.79 Å². The number of pyridine rings is 1. The maximum Gasteiger partial charge on any atom is 0.259 e. The Morgan fingerprint density at radius 3 is 3.11 bits per heavy atom. The minimum atomic E-state index is -0.296. The standard InChI is InChI=1S/C11H9N5OS/c12-3-1-2-8-4-9(6-13-5-8)10(17)15-11-16-14-7-18-11/h4-7H,3,12H2,(H,15,16,17). The quantitative estimate of drug-likeness (QED) is 0.766. The van der Waals surface area contributed by atoms with Gasteiger partial charge < -0.3 is 5.73 Å². The summed E-state index contributed by atoms with van der Waals surface area (Å²) in [5.41, 5.74) is 7.87. The molecule has 0 aliphatic carbocycles. The fourth-order valence-corrected chi connectivity index (χ4v) is 1.62. The third-order valence-corrected chi connectivity index (χ3v) is 2.52. The van der Waals surface area contributed by atoms with Gasteiger partial charge in [-0.3, -0.25) is 15.1 Å². The van der Waals surface area contributed by atoms with E-state index in [1.807, 2.05) is 0 Å². The number of hydrogen-bond acceptors (Lipinski definition) is 6. The number of nitrogens with two attached hydrogens (primary N) is 1. The smallest absolute Gasteiger partial charge is 0.259 e. The predicted octanol–water partition coefficient (Wildman–Crippen LogP) is 0.496. The van der Waals surface area contributed by atoms with Gasteiger partial charge in [-0.15, -0.1) is 10.2 Å². The van der Waals surface area contributed by atoms with Gasteiger partial charge in [-0.1, -0.05) is 23.2 Å². The molecular formula is C11H9N5OS. The molecule has 6 nitrogen and oxygen atoms in total. The van der Waals surface area contributed by atoms with Crippen molar-refractivity contribution in [2.75, 3.05) is 11.9 Å². The van der Waals surface area contributed by atoms with E-state index in [0.717, 1.165) is 0 Å². The minimum absolute atomic E-state index is 0.265. The Morgan fingerprint density at radius 1 is 1.50 bits per heavy atom. The second kappa shape index (κ2) is 5.86. The van der Waals surface area contributed by atoms with E-state index < -0.39 is 0 Å².